The molecule has 0 aliphatic rings. The van der Waals surface area contributed by atoms with Crippen molar-refractivity contribution in [2.45, 2.75) is 12.5 Å². The second-order valence-electron chi connectivity index (χ2n) is 4.41. The third-order valence-corrected chi connectivity index (χ3v) is 3.43. The molecule has 0 spiro atoms. The Bertz CT molecular complexity index is 592. The van der Waals surface area contributed by atoms with Gasteiger partial charge in [-0.15, -0.1) is 0 Å². The lowest BCUT2D eigenvalue weighted by Crippen LogP contribution is -2.29. The van der Waals surface area contributed by atoms with Gasteiger partial charge in [0.25, 0.3) is 0 Å². The van der Waals surface area contributed by atoms with E-state index in [0.717, 1.165) is 16.9 Å². The monoisotopic (exact) mass is 294 g/mol. The van der Waals surface area contributed by atoms with Gasteiger partial charge in [0, 0.05) is 5.56 Å². The van der Waals surface area contributed by atoms with Crippen LogP contribution in [0.3, 0.4) is 0 Å². The highest BCUT2D eigenvalue weighted by Crippen LogP contribution is 2.28. The normalized spacial score (nSPS) is 12.2. The minimum atomic E-state index is -0.426. The van der Waals surface area contributed by atoms with E-state index in [0.29, 0.717) is 6.42 Å². The number of rotatable bonds is 5. The molecule has 0 heterocycles. The highest BCUT2D eigenvalue weighted by atomic mass is 35.5. The van der Waals surface area contributed by atoms with Crippen LogP contribution in [0, 0.1) is 5.82 Å². The molecule has 0 aliphatic heterocycles. The van der Waals surface area contributed by atoms with Crippen molar-refractivity contribution in [1.82, 2.24) is 5.43 Å². The van der Waals surface area contributed by atoms with E-state index in [-0.39, 0.29) is 11.1 Å². The first kappa shape index (κ1) is 14.8. The van der Waals surface area contributed by atoms with Crippen molar-refractivity contribution < 1.29 is 9.13 Å². The maximum Gasteiger partial charge on any atom is 0.141 e. The highest BCUT2D eigenvalue weighted by Gasteiger charge is 2.15. The molecule has 0 saturated carbocycles. The second-order valence-corrected chi connectivity index (χ2v) is 4.82. The Kier molecular flexibility index (Phi) is 4.95. The molecule has 2 aromatic rings. The summed E-state index contributed by atoms with van der Waals surface area (Å²) in [5, 5.41) is 0.110. The molecule has 2 aromatic carbocycles. The molecule has 106 valence electrons. The van der Waals surface area contributed by atoms with Gasteiger partial charge in [-0.25, -0.2) is 4.39 Å². The fourth-order valence-electron chi connectivity index (χ4n) is 2.12. The number of nitrogens with two attached hydrogens (primary N) is 1. The van der Waals surface area contributed by atoms with Crippen LogP contribution in [0.2, 0.25) is 5.02 Å². The zero-order chi connectivity index (χ0) is 14.5. The molecule has 2 rings (SSSR count). The lowest BCUT2D eigenvalue weighted by atomic mass is 9.98. The predicted octanol–water partition coefficient (Wildman–Crippen LogP) is 3.23. The van der Waals surface area contributed by atoms with Gasteiger partial charge in [0.15, 0.2) is 0 Å². The molecule has 0 saturated heterocycles. The van der Waals surface area contributed by atoms with E-state index in [2.05, 4.69) is 5.43 Å². The van der Waals surface area contributed by atoms with Crippen LogP contribution in [0.1, 0.15) is 17.2 Å². The van der Waals surface area contributed by atoms with Gasteiger partial charge in [0.1, 0.15) is 11.6 Å². The number of benzene rings is 2. The van der Waals surface area contributed by atoms with Crippen LogP contribution in [0.5, 0.6) is 5.75 Å². The third-order valence-electron chi connectivity index (χ3n) is 3.14. The zero-order valence-corrected chi connectivity index (χ0v) is 11.8. The summed E-state index contributed by atoms with van der Waals surface area (Å²) in [6, 6.07) is 12.1. The molecule has 3 N–H and O–H groups in total. The van der Waals surface area contributed by atoms with Crippen LogP contribution in [0.25, 0.3) is 0 Å². The Labute approximate surface area is 122 Å². The molecule has 1 atom stereocenters. The van der Waals surface area contributed by atoms with Crippen molar-refractivity contribution >= 4 is 11.6 Å². The van der Waals surface area contributed by atoms with E-state index in [1.165, 1.54) is 6.07 Å². The van der Waals surface area contributed by atoms with Crippen LogP contribution in [0.4, 0.5) is 4.39 Å². The Morgan fingerprint density at radius 2 is 2.05 bits per heavy atom. The summed E-state index contributed by atoms with van der Waals surface area (Å²) in [7, 11) is 1.61. The van der Waals surface area contributed by atoms with Crippen molar-refractivity contribution in [3.8, 4) is 5.75 Å². The molecule has 3 nitrogen and oxygen atoms in total. The summed E-state index contributed by atoms with van der Waals surface area (Å²) in [6.45, 7) is 0. The average molecular weight is 295 g/mol. The van der Waals surface area contributed by atoms with E-state index < -0.39 is 5.82 Å². The average Bonchev–Trinajstić information content (AvgIpc) is 2.48. The van der Waals surface area contributed by atoms with E-state index >= 15 is 0 Å². The molecule has 1 unspecified atom stereocenters. The lowest BCUT2D eigenvalue weighted by Gasteiger charge is -2.19. The first-order valence-corrected chi connectivity index (χ1v) is 6.56. The second kappa shape index (κ2) is 6.70. The quantitative estimate of drug-likeness (QED) is 0.657. The SMILES string of the molecule is COc1ccccc1C(Cc1ccc(F)c(Cl)c1)NN. The van der Waals surface area contributed by atoms with Gasteiger partial charge in [-0.2, -0.15) is 0 Å². The Morgan fingerprint density at radius 1 is 1.30 bits per heavy atom. The van der Waals surface area contributed by atoms with Crippen LogP contribution >= 0.6 is 11.6 Å². The first-order valence-electron chi connectivity index (χ1n) is 6.18. The summed E-state index contributed by atoms with van der Waals surface area (Å²) in [4.78, 5) is 0. The fraction of sp³-hybridized carbons (Fsp3) is 0.200. The van der Waals surface area contributed by atoms with Gasteiger partial charge >= 0.3 is 0 Å². The summed E-state index contributed by atoms with van der Waals surface area (Å²) in [5.74, 6) is 5.96. The lowest BCUT2D eigenvalue weighted by molar-refractivity contribution is 0.399. The topological polar surface area (TPSA) is 47.3 Å². The molecule has 0 fully saturated rings. The number of hydrogen-bond donors (Lipinski definition) is 2. The van der Waals surface area contributed by atoms with Crippen LogP contribution in [0.15, 0.2) is 42.5 Å². The van der Waals surface area contributed by atoms with Gasteiger partial charge in [-0.3, -0.25) is 11.3 Å². The minimum absolute atomic E-state index is 0.110. The van der Waals surface area contributed by atoms with Crippen molar-refractivity contribution in [3.05, 3.63) is 64.4 Å². The Balaban J connectivity index is 2.26. The number of nitrogens with one attached hydrogen (secondary N) is 1. The molecule has 0 aromatic heterocycles. The number of para-hydroxylation sites is 1. The van der Waals surface area contributed by atoms with Crippen LogP contribution < -0.4 is 16.0 Å². The van der Waals surface area contributed by atoms with Crippen LogP contribution in [-0.4, -0.2) is 7.11 Å². The van der Waals surface area contributed by atoms with E-state index in [1.807, 2.05) is 24.3 Å². The largest absolute Gasteiger partial charge is 0.496 e. The molecule has 0 aliphatic carbocycles. The first-order chi connectivity index (χ1) is 9.65. The standard InChI is InChI=1S/C15H16ClFN2O/c1-20-15-5-3-2-4-11(15)14(19-18)9-10-6-7-13(17)12(16)8-10/h2-8,14,19H,9,18H2,1H3. The molecular formula is C15H16ClFN2O. The van der Waals surface area contributed by atoms with Crippen molar-refractivity contribution in [2.75, 3.05) is 7.11 Å². The molecular weight excluding hydrogens is 279 g/mol. The maximum absolute atomic E-state index is 13.2. The minimum Gasteiger partial charge on any atom is -0.496 e. The summed E-state index contributed by atoms with van der Waals surface area (Å²) >= 11 is 5.79. The van der Waals surface area contributed by atoms with Crippen LogP contribution in [-0.2, 0) is 6.42 Å². The zero-order valence-electron chi connectivity index (χ0n) is 11.1. The molecule has 0 amide bonds. The van der Waals surface area contributed by atoms with Gasteiger partial charge in [-0.1, -0.05) is 35.9 Å². The fourth-order valence-corrected chi connectivity index (χ4v) is 2.32. The number of ether oxygens (including phenoxy) is 1. The summed E-state index contributed by atoms with van der Waals surface area (Å²) in [5.41, 5.74) is 4.60. The van der Waals surface area contributed by atoms with Gasteiger partial charge < -0.3 is 4.74 Å². The van der Waals surface area contributed by atoms with E-state index in [4.69, 9.17) is 22.2 Å². The molecule has 20 heavy (non-hydrogen) atoms. The Morgan fingerprint density at radius 3 is 2.70 bits per heavy atom. The molecule has 0 radical (unpaired) electrons. The molecule has 0 bridgehead atoms. The maximum atomic E-state index is 13.2. The number of methoxy groups -OCH3 is 1. The smallest absolute Gasteiger partial charge is 0.141 e. The number of hydrazine groups is 1. The van der Waals surface area contributed by atoms with Gasteiger partial charge in [0.05, 0.1) is 18.2 Å². The molecule has 5 heteroatoms. The van der Waals surface area contributed by atoms with Crippen molar-refractivity contribution in [2.24, 2.45) is 5.84 Å². The number of hydrogen-bond acceptors (Lipinski definition) is 3. The highest BCUT2D eigenvalue weighted by molar-refractivity contribution is 6.30. The van der Waals surface area contributed by atoms with Crippen molar-refractivity contribution in [1.29, 1.82) is 0 Å². The van der Waals surface area contributed by atoms with Gasteiger partial charge in [-0.05, 0) is 30.2 Å². The summed E-state index contributed by atoms with van der Waals surface area (Å²) in [6.07, 6.45) is 0.580. The van der Waals surface area contributed by atoms with E-state index in [9.17, 15) is 4.39 Å². The van der Waals surface area contributed by atoms with Gasteiger partial charge in [0.2, 0.25) is 0 Å². The number of halogens is 2. The van der Waals surface area contributed by atoms with Crippen molar-refractivity contribution in [3.63, 3.8) is 0 Å². The summed E-state index contributed by atoms with van der Waals surface area (Å²) < 4.78 is 18.5. The third kappa shape index (κ3) is 3.28. The Hall–Kier alpha value is -1.62. The van der Waals surface area contributed by atoms with E-state index in [1.54, 1.807) is 19.2 Å². The predicted molar refractivity (Wildman–Crippen MR) is 78.2 cm³/mol.